The minimum atomic E-state index is -0.461. The van der Waals surface area contributed by atoms with Gasteiger partial charge in [-0.3, -0.25) is 9.59 Å². The van der Waals surface area contributed by atoms with Gasteiger partial charge in [-0.25, -0.2) is 4.98 Å². The zero-order chi connectivity index (χ0) is 13.9. The van der Waals surface area contributed by atoms with E-state index in [1.54, 1.807) is 21.0 Å². The van der Waals surface area contributed by atoms with Crippen molar-refractivity contribution in [3.05, 3.63) is 15.6 Å². The molecule has 1 atom stereocenters. The van der Waals surface area contributed by atoms with Crippen molar-refractivity contribution in [2.75, 3.05) is 14.1 Å². The maximum Gasteiger partial charge on any atom is 0.242 e. The number of nitrogens with one attached hydrogen (secondary N) is 1. The SMILES string of the molecule is CNC(=O)C(C)N(C)C(=O)Cc1sc(C)nc1C. The third-order valence-corrected chi connectivity index (χ3v) is 3.98. The molecule has 0 fully saturated rings. The second-order valence-corrected chi connectivity index (χ2v) is 5.50. The maximum atomic E-state index is 12.1. The van der Waals surface area contributed by atoms with Gasteiger partial charge in [0.25, 0.3) is 0 Å². The Morgan fingerprint density at radius 3 is 2.50 bits per heavy atom. The van der Waals surface area contributed by atoms with Crippen LogP contribution in [0, 0.1) is 13.8 Å². The van der Waals surface area contributed by atoms with E-state index in [-0.39, 0.29) is 11.8 Å². The number of nitrogens with zero attached hydrogens (tertiary/aromatic N) is 2. The van der Waals surface area contributed by atoms with Crippen LogP contribution in [0.4, 0.5) is 0 Å². The highest BCUT2D eigenvalue weighted by molar-refractivity contribution is 7.11. The number of aryl methyl sites for hydroxylation is 2. The molecule has 0 aliphatic carbocycles. The molecule has 100 valence electrons. The molecule has 6 heteroatoms. The second-order valence-electron chi connectivity index (χ2n) is 4.21. The summed E-state index contributed by atoms with van der Waals surface area (Å²) in [6.45, 7) is 5.53. The molecule has 0 aliphatic heterocycles. The van der Waals surface area contributed by atoms with E-state index in [9.17, 15) is 9.59 Å². The first-order chi connectivity index (χ1) is 8.36. The quantitative estimate of drug-likeness (QED) is 0.883. The van der Waals surface area contributed by atoms with Gasteiger partial charge in [0.2, 0.25) is 11.8 Å². The van der Waals surface area contributed by atoms with Crippen molar-refractivity contribution in [2.45, 2.75) is 33.2 Å². The highest BCUT2D eigenvalue weighted by Gasteiger charge is 2.22. The summed E-state index contributed by atoms with van der Waals surface area (Å²) in [5, 5.41) is 3.49. The van der Waals surface area contributed by atoms with E-state index in [1.165, 1.54) is 16.2 Å². The molecule has 1 heterocycles. The molecule has 1 rings (SSSR count). The van der Waals surface area contributed by atoms with Crippen LogP contribution in [-0.4, -0.2) is 41.8 Å². The van der Waals surface area contributed by atoms with Crippen LogP contribution in [0.1, 0.15) is 22.5 Å². The molecule has 1 N–H and O–H groups in total. The molecule has 1 unspecified atom stereocenters. The summed E-state index contributed by atoms with van der Waals surface area (Å²) in [6, 6.07) is -0.461. The molecular weight excluding hydrogens is 250 g/mol. The van der Waals surface area contributed by atoms with Crippen molar-refractivity contribution in [1.82, 2.24) is 15.2 Å². The van der Waals surface area contributed by atoms with Gasteiger partial charge in [-0.2, -0.15) is 0 Å². The minimum Gasteiger partial charge on any atom is -0.357 e. The van der Waals surface area contributed by atoms with Gasteiger partial charge in [-0.05, 0) is 20.8 Å². The fourth-order valence-corrected chi connectivity index (χ4v) is 2.53. The van der Waals surface area contributed by atoms with Gasteiger partial charge in [0, 0.05) is 19.0 Å². The summed E-state index contributed by atoms with van der Waals surface area (Å²) in [6.07, 6.45) is 0.301. The molecule has 2 amide bonds. The van der Waals surface area contributed by atoms with Crippen LogP contribution >= 0.6 is 11.3 Å². The number of amides is 2. The Hall–Kier alpha value is -1.43. The monoisotopic (exact) mass is 269 g/mol. The summed E-state index contributed by atoms with van der Waals surface area (Å²) in [5.41, 5.74) is 0.895. The van der Waals surface area contributed by atoms with E-state index in [2.05, 4.69) is 10.3 Å². The number of likely N-dealkylation sites (N-methyl/N-ethyl adjacent to an activating group) is 2. The van der Waals surface area contributed by atoms with Crippen molar-refractivity contribution >= 4 is 23.2 Å². The van der Waals surface area contributed by atoms with Crippen LogP contribution in [0.15, 0.2) is 0 Å². The first kappa shape index (κ1) is 14.6. The number of hydrogen-bond donors (Lipinski definition) is 1. The molecule has 0 saturated heterocycles. The zero-order valence-electron chi connectivity index (χ0n) is 11.4. The predicted molar refractivity (Wildman–Crippen MR) is 71.6 cm³/mol. The number of carbonyl (C=O) groups is 2. The number of rotatable bonds is 4. The Morgan fingerprint density at radius 1 is 1.44 bits per heavy atom. The third kappa shape index (κ3) is 3.29. The van der Waals surface area contributed by atoms with Gasteiger partial charge < -0.3 is 10.2 Å². The molecule has 1 aromatic heterocycles. The summed E-state index contributed by atoms with van der Waals surface area (Å²) in [7, 11) is 3.21. The van der Waals surface area contributed by atoms with Gasteiger partial charge >= 0.3 is 0 Å². The fraction of sp³-hybridized carbons (Fsp3) is 0.583. The van der Waals surface area contributed by atoms with E-state index in [0.29, 0.717) is 6.42 Å². The normalized spacial score (nSPS) is 12.1. The molecule has 0 aromatic carbocycles. The third-order valence-electron chi connectivity index (χ3n) is 2.91. The molecular formula is C12H19N3O2S. The summed E-state index contributed by atoms with van der Waals surface area (Å²) in [4.78, 5) is 30.2. The molecule has 0 aliphatic rings. The lowest BCUT2D eigenvalue weighted by Crippen LogP contribution is -2.45. The predicted octanol–water partition coefficient (Wildman–Crippen LogP) is 0.895. The van der Waals surface area contributed by atoms with Crippen LogP contribution in [0.25, 0.3) is 0 Å². The van der Waals surface area contributed by atoms with E-state index >= 15 is 0 Å². The number of aromatic nitrogens is 1. The minimum absolute atomic E-state index is 0.0714. The molecule has 0 spiro atoms. The highest BCUT2D eigenvalue weighted by Crippen LogP contribution is 2.18. The summed E-state index contributed by atoms with van der Waals surface area (Å²) < 4.78 is 0. The zero-order valence-corrected chi connectivity index (χ0v) is 12.2. The van der Waals surface area contributed by atoms with Gasteiger partial charge in [0.15, 0.2) is 0 Å². The van der Waals surface area contributed by atoms with E-state index in [0.717, 1.165) is 15.6 Å². The molecule has 0 saturated carbocycles. The molecule has 1 aromatic rings. The van der Waals surface area contributed by atoms with Crippen molar-refractivity contribution in [2.24, 2.45) is 0 Å². The average Bonchev–Trinajstić information content (AvgIpc) is 2.64. The Bertz CT molecular complexity index is 456. The van der Waals surface area contributed by atoms with Gasteiger partial charge in [0.05, 0.1) is 17.1 Å². The van der Waals surface area contributed by atoms with Crippen LogP contribution in [-0.2, 0) is 16.0 Å². The van der Waals surface area contributed by atoms with Crippen LogP contribution in [0.2, 0.25) is 0 Å². The Balaban J connectivity index is 2.71. The largest absolute Gasteiger partial charge is 0.357 e. The molecule has 5 nitrogen and oxygen atoms in total. The van der Waals surface area contributed by atoms with E-state index in [4.69, 9.17) is 0 Å². The number of carbonyl (C=O) groups excluding carboxylic acids is 2. The van der Waals surface area contributed by atoms with Crippen molar-refractivity contribution in [1.29, 1.82) is 0 Å². The van der Waals surface area contributed by atoms with Crippen molar-refractivity contribution in [3.63, 3.8) is 0 Å². The molecule has 18 heavy (non-hydrogen) atoms. The smallest absolute Gasteiger partial charge is 0.242 e. The summed E-state index contributed by atoms with van der Waals surface area (Å²) in [5.74, 6) is -0.235. The lowest BCUT2D eigenvalue weighted by molar-refractivity contribution is -0.137. The first-order valence-electron chi connectivity index (χ1n) is 5.77. The molecule has 0 radical (unpaired) electrons. The Morgan fingerprint density at radius 2 is 2.06 bits per heavy atom. The van der Waals surface area contributed by atoms with Gasteiger partial charge in [0.1, 0.15) is 6.04 Å². The Kier molecular flexibility index (Phi) is 4.84. The lowest BCUT2D eigenvalue weighted by Gasteiger charge is -2.23. The van der Waals surface area contributed by atoms with E-state index < -0.39 is 6.04 Å². The topological polar surface area (TPSA) is 62.3 Å². The van der Waals surface area contributed by atoms with Crippen LogP contribution in [0.3, 0.4) is 0 Å². The first-order valence-corrected chi connectivity index (χ1v) is 6.58. The fourth-order valence-electron chi connectivity index (χ4n) is 1.60. The lowest BCUT2D eigenvalue weighted by atomic mass is 10.2. The van der Waals surface area contributed by atoms with E-state index in [1.807, 2.05) is 13.8 Å². The van der Waals surface area contributed by atoms with Gasteiger partial charge in [-0.15, -0.1) is 11.3 Å². The van der Waals surface area contributed by atoms with Crippen LogP contribution < -0.4 is 5.32 Å². The highest BCUT2D eigenvalue weighted by atomic mass is 32.1. The second kappa shape index (κ2) is 5.95. The summed E-state index contributed by atoms with van der Waals surface area (Å²) >= 11 is 1.53. The van der Waals surface area contributed by atoms with Gasteiger partial charge in [-0.1, -0.05) is 0 Å². The molecule has 0 bridgehead atoms. The van der Waals surface area contributed by atoms with Crippen LogP contribution in [0.5, 0.6) is 0 Å². The maximum absolute atomic E-state index is 12.1. The Labute approximate surface area is 111 Å². The number of thiazole rings is 1. The van der Waals surface area contributed by atoms with Crippen molar-refractivity contribution < 1.29 is 9.59 Å². The standard InChI is InChI=1S/C12H19N3O2S/c1-7-10(18-9(3)14-7)6-11(16)15(5)8(2)12(17)13-4/h8H,6H2,1-5H3,(H,13,17). The average molecular weight is 269 g/mol. The van der Waals surface area contributed by atoms with Crippen molar-refractivity contribution in [3.8, 4) is 0 Å². The number of hydrogen-bond acceptors (Lipinski definition) is 4.